The monoisotopic (exact) mass is 354 g/mol. The standard InChI is InChI=1S/C19H22N4O3/c1-19(2,20)16(18(25)22-26)21-17(24)15-9-7-14(8-10-15)6-3-4-11-23-12-5-13-23/h7-10,16,26H,5,12-13,20H2,1-2H3,(H,21,24)(H,22,25)/t16-/m1/s1. The molecule has 26 heavy (non-hydrogen) atoms. The third-order valence-electron chi connectivity index (χ3n) is 3.88. The van der Waals surface area contributed by atoms with E-state index in [4.69, 9.17) is 10.9 Å². The molecule has 7 heteroatoms. The number of hydrogen-bond donors (Lipinski definition) is 4. The van der Waals surface area contributed by atoms with E-state index < -0.39 is 23.4 Å². The molecule has 136 valence electrons. The highest BCUT2D eigenvalue weighted by Crippen LogP contribution is 2.09. The highest BCUT2D eigenvalue weighted by atomic mass is 16.5. The highest BCUT2D eigenvalue weighted by Gasteiger charge is 2.33. The summed E-state index contributed by atoms with van der Waals surface area (Å²) < 4.78 is 0. The Balaban J connectivity index is 2.02. The molecular weight excluding hydrogens is 332 g/mol. The van der Waals surface area contributed by atoms with Gasteiger partial charge in [0.15, 0.2) is 0 Å². The van der Waals surface area contributed by atoms with Gasteiger partial charge < -0.3 is 16.0 Å². The van der Waals surface area contributed by atoms with Crippen molar-refractivity contribution in [3.05, 3.63) is 35.4 Å². The number of carbonyl (C=O) groups is 2. The van der Waals surface area contributed by atoms with Gasteiger partial charge in [-0.25, -0.2) is 5.48 Å². The van der Waals surface area contributed by atoms with Gasteiger partial charge in [0.2, 0.25) is 0 Å². The topological polar surface area (TPSA) is 108 Å². The van der Waals surface area contributed by atoms with Crippen LogP contribution in [0.2, 0.25) is 0 Å². The normalized spacial score (nSPS) is 13.9. The summed E-state index contributed by atoms with van der Waals surface area (Å²) in [5.74, 6) is 7.21. The number of likely N-dealkylation sites (tertiary alicyclic amines) is 1. The maximum atomic E-state index is 12.3. The molecule has 0 unspecified atom stereocenters. The quantitative estimate of drug-likeness (QED) is 0.347. The zero-order valence-electron chi connectivity index (χ0n) is 14.8. The lowest BCUT2D eigenvalue weighted by molar-refractivity contribution is -0.132. The van der Waals surface area contributed by atoms with E-state index >= 15 is 0 Å². The largest absolute Gasteiger partial charge is 0.338 e. The summed E-state index contributed by atoms with van der Waals surface area (Å²) in [6.07, 6.45) is 1.17. The van der Waals surface area contributed by atoms with Gasteiger partial charge in [-0.1, -0.05) is 5.92 Å². The fourth-order valence-electron chi connectivity index (χ4n) is 2.21. The molecule has 0 bridgehead atoms. The van der Waals surface area contributed by atoms with Crippen molar-refractivity contribution in [1.29, 1.82) is 0 Å². The van der Waals surface area contributed by atoms with Gasteiger partial charge in [0, 0.05) is 41.7 Å². The lowest BCUT2D eigenvalue weighted by Crippen LogP contribution is -2.61. The second-order valence-corrected chi connectivity index (χ2v) is 6.61. The molecule has 1 aliphatic heterocycles. The van der Waals surface area contributed by atoms with E-state index in [1.165, 1.54) is 11.9 Å². The van der Waals surface area contributed by atoms with Gasteiger partial charge in [-0.05, 0) is 50.5 Å². The summed E-state index contributed by atoms with van der Waals surface area (Å²) in [6, 6.07) is 8.45. The fourth-order valence-corrected chi connectivity index (χ4v) is 2.21. The predicted molar refractivity (Wildman–Crippen MR) is 96.7 cm³/mol. The van der Waals surface area contributed by atoms with Crippen molar-refractivity contribution in [2.75, 3.05) is 13.1 Å². The van der Waals surface area contributed by atoms with Crippen molar-refractivity contribution in [3.8, 4) is 23.8 Å². The Hall–Kier alpha value is -3.00. The Bertz CT molecular complexity index is 785. The van der Waals surface area contributed by atoms with Crippen LogP contribution in [-0.2, 0) is 4.79 Å². The number of carbonyl (C=O) groups excluding carboxylic acids is 2. The Labute approximate surface area is 152 Å². The molecule has 1 heterocycles. The third kappa shape index (κ3) is 5.25. The first-order chi connectivity index (χ1) is 12.3. The molecule has 1 saturated heterocycles. The van der Waals surface area contributed by atoms with Crippen molar-refractivity contribution < 1.29 is 14.8 Å². The summed E-state index contributed by atoms with van der Waals surface area (Å²) in [7, 11) is 0. The molecule has 5 N–H and O–H groups in total. The van der Waals surface area contributed by atoms with E-state index in [2.05, 4.69) is 29.1 Å². The number of nitrogens with zero attached hydrogens (tertiary/aromatic N) is 1. The van der Waals surface area contributed by atoms with Crippen LogP contribution in [-0.4, -0.2) is 46.6 Å². The number of rotatable bonds is 4. The van der Waals surface area contributed by atoms with Gasteiger partial charge in [-0.2, -0.15) is 0 Å². The Kier molecular flexibility index (Phi) is 6.24. The average molecular weight is 354 g/mol. The van der Waals surface area contributed by atoms with Crippen LogP contribution in [0.1, 0.15) is 36.2 Å². The molecule has 0 spiro atoms. The molecule has 2 amide bonds. The minimum Gasteiger partial charge on any atom is -0.338 e. The highest BCUT2D eigenvalue weighted by molar-refractivity contribution is 5.97. The van der Waals surface area contributed by atoms with Crippen molar-refractivity contribution in [1.82, 2.24) is 15.7 Å². The predicted octanol–water partition coefficient (Wildman–Crippen LogP) is 0.0458. The van der Waals surface area contributed by atoms with E-state index in [0.717, 1.165) is 18.7 Å². The number of amides is 2. The third-order valence-corrected chi connectivity index (χ3v) is 3.88. The van der Waals surface area contributed by atoms with Gasteiger partial charge >= 0.3 is 0 Å². The number of benzene rings is 1. The molecule has 0 aromatic heterocycles. The van der Waals surface area contributed by atoms with E-state index in [-0.39, 0.29) is 0 Å². The van der Waals surface area contributed by atoms with Crippen LogP contribution < -0.4 is 16.5 Å². The van der Waals surface area contributed by atoms with Crippen molar-refractivity contribution in [2.45, 2.75) is 31.8 Å². The lowest BCUT2D eigenvalue weighted by Gasteiger charge is -2.29. The average Bonchev–Trinajstić information content (AvgIpc) is 2.56. The number of nitrogens with two attached hydrogens (primary N) is 1. The maximum Gasteiger partial charge on any atom is 0.267 e. The first kappa shape index (κ1) is 19.3. The summed E-state index contributed by atoms with van der Waals surface area (Å²) in [4.78, 5) is 26.0. The van der Waals surface area contributed by atoms with E-state index in [1.807, 2.05) is 4.90 Å². The van der Waals surface area contributed by atoms with Crippen molar-refractivity contribution in [3.63, 3.8) is 0 Å². The Morgan fingerprint density at radius 1 is 1.23 bits per heavy atom. The van der Waals surface area contributed by atoms with Crippen LogP contribution in [0.25, 0.3) is 0 Å². The molecule has 1 aromatic rings. The maximum absolute atomic E-state index is 12.3. The van der Waals surface area contributed by atoms with Crippen LogP contribution in [0.5, 0.6) is 0 Å². The van der Waals surface area contributed by atoms with Gasteiger partial charge in [-0.3, -0.25) is 14.8 Å². The fraction of sp³-hybridized carbons (Fsp3) is 0.368. The number of hydroxylamine groups is 1. The van der Waals surface area contributed by atoms with Gasteiger partial charge in [-0.15, -0.1) is 0 Å². The van der Waals surface area contributed by atoms with E-state index in [1.54, 1.807) is 38.1 Å². The number of hydrogen-bond acceptors (Lipinski definition) is 5. The minimum atomic E-state index is -1.09. The van der Waals surface area contributed by atoms with Crippen molar-refractivity contribution >= 4 is 11.8 Å². The lowest BCUT2D eigenvalue weighted by atomic mass is 9.95. The molecular formula is C19H22N4O3. The molecule has 1 aliphatic rings. The minimum absolute atomic E-state index is 0.349. The molecule has 0 aliphatic carbocycles. The zero-order chi connectivity index (χ0) is 19.2. The molecule has 0 saturated carbocycles. The second kappa shape index (κ2) is 8.39. The van der Waals surface area contributed by atoms with Crippen LogP contribution in [0, 0.1) is 23.8 Å². The first-order valence-corrected chi connectivity index (χ1v) is 8.21. The van der Waals surface area contributed by atoms with Gasteiger partial charge in [0.1, 0.15) is 6.04 Å². The summed E-state index contributed by atoms with van der Waals surface area (Å²) in [6.45, 7) is 5.14. The molecule has 1 atom stereocenters. The molecule has 2 rings (SSSR count). The van der Waals surface area contributed by atoms with Gasteiger partial charge in [0.05, 0.1) is 0 Å². The summed E-state index contributed by atoms with van der Waals surface area (Å²) in [5, 5.41) is 11.3. The first-order valence-electron chi connectivity index (χ1n) is 8.21. The molecule has 7 nitrogen and oxygen atoms in total. The van der Waals surface area contributed by atoms with E-state index in [9.17, 15) is 9.59 Å². The van der Waals surface area contributed by atoms with Crippen LogP contribution in [0.4, 0.5) is 0 Å². The molecule has 1 fully saturated rings. The summed E-state index contributed by atoms with van der Waals surface area (Å²) >= 11 is 0. The molecule has 0 radical (unpaired) electrons. The zero-order valence-corrected chi connectivity index (χ0v) is 14.8. The smallest absolute Gasteiger partial charge is 0.267 e. The Morgan fingerprint density at radius 2 is 1.88 bits per heavy atom. The van der Waals surface area contributed by atoms with E-state index in [0.29, 0.717) is 5.56 Å². The SMILES string of the molecule is CC(C)(N)[C@H](NC(=O)c1ccc(C#CC#CN2CCC2)cc1)C(=O)NO. The van der Waals surface area contributed by atoms with Crippen LogP contribution in [0.3, 0.4) is 0 Å². The summed E-state index contributed by atoms with van der Waals surface area (Å²) in [5.41, 5.74) is 7.43. The van der Waals surface area contributed by atoms with Gasteiger partial charge in [0.25, 0.3) is 11.8 Å². The van der Waals surface area contributed by atoms with Crippen molar-refractivity contribution in [2.24, 2.45) is 5.73 Å². The van der Waals surface area contributed by atoms with Crippen LogP contribution in [0.15, 0.2) is 24.3 Å². The molecule has 1 aromatic carbocycles. The number of nitrogens with one attached hydrogen (secondary N) is 2. The van der Waals surface area contributed by atoms with Crippen LogP contribution >= 0.6 is 0 Å². The Morgan fingerprint density at radius 3 is 2.38 bits per heavy atom. The second-order valence-electron chi connectivity index (χ2n) is 6.61.